The average molecular weight is 403 g/mol. The number of likely N-dealkylation sites (tertiary alicyclic amines) is 1. The summed E-state index contributed by atoms with van der Waals surface area (Å²) in [4.78, 5) is 14.6. The van der Waals surface area contributed by atoms with E-state index in [2.05, 4.69) is 41.4 Å². The van der Waals surface area contributed by atoms with E-state index in [1.165, 1.54) is 17.2 Å². The summed E-state index contributed by atoms with van der Waals surface area (Å²) in [5.41, 5.74) is 3.23. The average Bonchev–Trinajstić information content (AvgIpc) is 2.69. The third-order valence-corrected chi connectivity index (χ3v) is 5.66. The number of rotatable bonds is 7. The van der Waals surface area contributed by atoms with E-state index in [1.54, 1.807) is 12.1 Å². The van der Waals surface area contributed by atoms with Crippen LogP contribution in [0.5, 0.6) is 0 Å². The molecule has 0 saturated carbocycles. The quantitative estimate of drug-likeness (QED) is 0.678. The number of piperidine rings is 1. The highest BCUT2D eigenvalue weighted by Gasteiger charge is 2.25. The number of hydrogen-bond acceptors (Lipinski definition) is 2. The van der Waals surface area contributed by atoms with Gasteiger partial charge in [0, 0.05) is 29.6 Å². The van der Waals surface area contributed by atoms with Gasteiger partial charge in [0.15, 0.2) is 0 Å². The minimum absolute atomic E-state index is 0.0608. The Balaban J connectivity index is 1.36. The zero-order valence-corrected chi connectivity index (χ0v) is 17.1. The van der Waals surface area contributed by atoms with Crippen molar-refractivity contribution in [3.8, 4) is 0 Å². The number of benzene rings is 2. The summed E-state index contributed by atoms with van der Waals surface area (Å²) in [6.45, 7) is 4.98. The fourth-order valence-corrected chi connectivity index (χ4v) is 3.81. The molecule has 0 aliphatic carbocycles. The van der Waals surface area contributed by atoms with Crippen LogP contribution in [0, 0.1) is 18.7 Å². The van der Waals surface area contributed by atoms with Gasteiger partial charge in [-0.05, 0) is 63.4 Å². The van der Waals surface area contributed by atoms with Crippen molar-refractivity contribution in [1.29, 1.82) is 0 Å². The number of nitrogens with one attached hydrogen (secondary N) is 1. The van der Waals surface area contributed by atoms with Gasteiger partial charge in [-0.2, -0.15) is 0 Å². The van der Waals surface area contributed by atoms with E-state index in [9.17, 15) is 9.18 Å². The molecule has 0 spiro atoms. The van der Waals surface area contributed by atoms with Gasteiger partial charge in [0.1, 0.15) is 5.82 Å². The lowest BCUT2D eigenvalue weighted by atomic mass is 9.95. The van der Waals surface area contributed by atoms with E-state index in [4.69, 9.17) is 11.6 Å². The maximum Gasteiger partial charge on any atom is 0.223 e. The molecule has 2 aromatic rings. The van der Waals surface area contributed by atoms with Crippen molar-refractivity contribution >= 4 is 17.5 Å². The van der Waals surface area contributed by atoms with E-state index < -0.39 is 0 Å². The number of carbonyl (C=O) groups excluding carboxylic acids is 1. The van der Waals surface area contributed by atoms with Crippen LogP contribution in [-0.4, -0.2) is 30.4 Å². The molecule has 0 aromatic heterocycles. The Labute approximate surface area is 171 Å². The number of hydrogen-bond donors (Lipinski definition) is 1. The van der Waals surface area contributed by atoms with Crippen LogP contribution in [-0.2, 0) is 17.8 Å². The van der Waals surface area contributed by atoms with Crippen molar-refractivity contribution in [3.63, 3.8) is 0 Å². The highest BCUT2D eigenvalue weighted by Crippen LogP contribution is 2.21. The largest absolute Gasteiger partial charge is 0.356 e. The molecular weight excluding hydrogens is 375 g/mol. The first-order valence-electron chi connectivity index (χ1n) is 10.0. The molecule has 0 radical (unpaired) electrons. The molecule has 0 atom stereocenters. The van der Waals surface area contributed by atoms with E-state index >= 15 is 0 Å². The summed E-state index contributed by atoms with van der Waals surface area (Å²) in [5.74, 6) is -0.0483. The monoisotopic (exact) mass is 402 g/mol. The molecule has 1 N–H and O–H groups in total. The number of nitrogens with zero attached hydrogens (tertiary/aromatic N) is 1. The molecule has 3 nitrogen and oxygen atoms in total. The lowest BCUT2D eigenvalue weighted by molar-refractivity contribution is -0.126. The van der Waals surface area contributed by atoms with Crippen LogP contribution in [0.25, 0.3) is 0 Å². The van der Waals surface area contributed by atoms with Crippen molar-refractivity contribution in [3.05, 3.63) is 70.0 Å². The van der Waals surface area contributed by atoms with Crippen LogP contribution in [0.1, 0.15) is 36.0 Å². The maximum atomic E-state index is 14.0. The standard InChI is InChI=1S/C23H28ClFN2O/c1-17-4-6-18(7-5-17)3-2-12-26-23(28)19-10-13-27(14-11-19)16-20-8-9-21(24)15-22(20)25/h4-9,15,19H,2-3,10-14,16H2,1H3,(H,26,28). The molecule has 150 valence electrons. The maximum absolute atomic E-state index is 14.0. The van der Waals surface area contributed by atoms with Crippen LogP contribution >= 0.6 is 11.6 Å². The Morgan fingerprint density at radius 1 is 1.18 bits per heavy atom. The van der Waals surface area contributed by atoms with Gasteiger partial charge in [-0.15, -0.1) is 0 Å². The van der Waals surface area contributed by atoms with Crippen LogP contribution < -0.4 is 5.32 Å². The Morgan fingerprint density at radius 3 is 2.57 bits per heavy atom. The summed E-state index contributed by atoms with van der Waals surface area (Å²) in [6.07, 6.45) is 3.56. The molecule has 1 amide bonds. The first kappa shape index (κ1) is 20.8. The van der Waals surface area contributed by atoms with Crippen molar-refractivity contribution in [2.24, 2.45) is 5.92 Å². The fraction of sp³-hybridized carbons (Fsp3) is 0.435. The van der Waals surface area contributed by atoms with E-state index in [0.717, 1.165) is 38.8 Å². The smallest absolute Gasteiger partial charge is 0.223 e. The third-order valence-electron chi connectivity index (χ3n) is 5.43. The van der Waals surface area contributed by atoms with Crippen molar-refractivity contribution in [2.45, 2.75) is 39.2 Å². The molecule has 28 heavy (non-hydrogen) atoms. The van der Waals surface area contributed by atoms with Crippen LogP contribution in [0.4, 0.5) is 4.39 Å². The predicted molar refractivity (Wildman–Crippen MR) is 112 cm³/mol. The van der Waals surface area contributed by atoms with Gasteiger partial charge >= 0.3 is 0 Å². The van der Waals surface area contributed by atoms with E-state index in [-0.39, 0.29) is 17.6 Å². The molecule has 0 unspecified atom stereocenters. The van der Waals surface area contributed by atoms with Crippen LogP contribution in [0.15, 0.2) is 42.5 Å². The first-order valence-corrected chi connectivity index (χ1v) is 10.4. The van der Waals surface area contributed by atoms with Crippen LogP contribution in [0.3, 0.4) is 0 Å². The van der Waals surface area contributed by atoms with Crippen LogP contribution in [0.2, 0.25) is 5.02 Å². The van der Waals surface area contributed by atoms with Gasteiger partial charge in [0.25, 0.3) is 0 Å². The molecule has 3 rings (SSSR count). The van der Waals surface area contributed by atoms with Gasteiger partial charge in [-0.3, -0.25) is 9.69 Å². The highest BCUT2D eigenvalue weighted by atomic mass is 35.5. The number of amides is 1. The summed E-state index contributed by atoms with van der Waals surface area (Å²) in [7, 11) is 0. The molecule has 1 fully saturated rings. The Hall–Kier alpha value is -1.91. The zero-order chi connectivity index (χ0) is 19.9. The Bertz CT molecular complexity index is 786. The minimum atomic E-state index is -0.263. The topological polar surface area (TPSA) is 32.3 Å². The highest BCUT2D eigenvalue weighted by molar-refractivity contribution is 6.30. The van der Waals surface area contributed by atoms with Gasteiger partial charge in [0.2, 0.25) is 5.91 Å². The molecule has 1 heterocycles. The van der Waals surface area contributed by atoms with Crippen molar-refractivity contribution in [1.82, 2.24) is 10.2 Å². The van der Waals surface area contributed by atoms with E-state index in [1.807, 2.05) is 0 Å². The number of halogens is 2. The van der Waals surface area contributed by atoms with Gasteiger partial charge in [0.05, 0.1) is 0 Å². The minimum Gasteiger partial charge on any atom is -0.356 e. The molecular formula is C23H28ClFN2O. The second-order valence-electron chi connectivity index (χ2n) is 7.67. The number of carbonyl (C=O) groups is 1. The Morgan fingerprint density at radius 2 is 1.89 bits per heavy atom. The summed E-state index contributed by atoms with van der Waals surface area (Å²) in [6, 6.07) is 13.4. The predicted octanol–water partition coefficient (Wildman–Crippen LogP) is 4.75. The summed E-state index contributed by atoms with van der Waals surface area (Å²) >= 11 is 5.81. The van der Waals surface area contributed by atoms with Crippen molar-refractivity contribution in [2.75, 3.05) is 19.6 Å². The zero-order valence-electron chi connectivity index (χ0n) is 16.4. The third kappa shape index (κ3) is 6.05. The molecule has 1 saturated heterocycles. The van der Waals surface area contributed by atoms with Gasteiger partial charge < -0.3 is 5.32 Å². The molecule has 5 heteroatoms. The summed E-state index contributed by atoms with van der Waals surface area (Å²) in [5, 5.41) is 3.50. The molecule has 0 bridgehead atoms. The van der Waals surface area contributed by atoms with Crippen molar-refractivity contribution < 1.29 is 9.18 Å². The van der Waals surface area contributed by atoms with E-state index in [0.29, 0.717) is 23.7 Å². The summed E-state index contributed by atoms with van der Waals surface area (Å²) < 4.78 is 14.0. The molecule has 1 aliphatic heterocycles. The Kier molecular flexibility index (Phi) is 7.46. The molecule has 1 aliphatic rings. The van der Waals surface area contributed by atoms with Gasteiger partial charge in [-0.1, -0.05) is 47.5 Å². The van der Waals surface area contributed by atoms with Gasteiger partial charge in [-0.25, -0.2) is 4.39 Å². The lowest BCUT2D eigenvalue weighted by Crippen LogP contribution is -2.40. The SMILES string of the molecule is Cc1ccc(CCCNC(=O)C2CCN(Cc3ccc(Cl)cc3F)CC2)cc1. The normalized spacial score (nSPS) is 15.5. The second-order valence-corrected chi connectivity index (χ2v) is 8.10. The first-order chi connectivity index (χ1) is 13.5. The molecule has 2 aromatic carbocycles. The fourth-order valence-electron chi connectivity index (χ4n) is 3.65. The lowest BCUT2D eigenvalue weighted by Gasteiger charge is -2.31. The number of aryl methyl sites for hydroxylation is 2. The second kappa shape index (κ2) is 10.0.